The van der Waals surface area contributed by atoms with E-state index in [4.69, 9.17) is 5.84 Å². The van der Waals surface area contributed by atoms with Crippen molar-refractivity contribution in [2.75, 3.05) is 6.54 Å². The molecular weight excluding hydrogens is 308 g/mol. The molecule has 0 unspecified atom stereocenters. The number of fused-ring (bicyclic) bond motifs is 1. The Hall–Kier alpha value is -0.910. The van der Waals surface area contributed by atoms with Crippen molar-refractivity contribution >= 4 is 17.3 Å². The fraction of sp³-hybridized carbons (Fsp3) is 0.722. The maximum Gasteiger partial charge on any atom is 0.337 e. The van der Waals surface area contributed by atoms with E-state index in [1.165, 1.54) is 17.7 Å². The second kappa shape index (κ2) is 6.54. The second-order valence-electron chi connectivity index (χ2n) is 7.95. The van der Waals surface area contributed by atoms with Gasteiger partial charge in [0, 0.05) is 16.3 Å². The molecule has 0 radical (unpaired) electrons. The molecule has 0 aromatic carbocycles. The molecule has 1 heterocycles. The maximum absolute atomic E-state index is 12.0. The van der Waals surface area contributed by atoms with Crippen LogP contribution in [0.5, 0.6) is 0 Å². The van der Waals surface area contributed by atoms with Crippen LogP contribution in [-0.2, 0) is 12.8 Å². The number of nitrogens with two attached hydrogens (primary N) is 1. The Bertz CT molecular complexity index is 592. The summed E-state index contributed by atoms with van der Waals surface area (Å²) in [7, 11) is 0. The minimum atomic E-state index is -0.736. The Labute approximate surface area is 142 Å². The Morgan fingerprint density at radius 1 is 1.39 bits per heavy atom. The van der Waals surface area contributed by atoms with Gasteiger partial charge in [0.1, 0.15) is 0 Å². The molecule has 4 nitrogen and oxygen atoms in total. The number of aromatic carboxylic acids is 1. The molecule has 2 atom stereocenters. The van der Waals surface area contributed by atoms with Gasteiger partial charge in [0.25, 0.3) is 0 Å². The van der Waals surface area contributed by atoms with Crippen molar-refractivity contribution in [3.05, 3.63) is 20.9 Å². The molecule has 3 rings (SSSR count). The standard InChI is InChI=1S/C18H28N2O2S/c1-18(2)8-7-14-13(9-18)15(17(21)22)16(23-14)12-6-4-3-5-11(12)10-20-19/h11-12,20H,3-10,19H2,1-2H3,(H,21,22)/t11-,12-/m0/s1. The van der Waals surface area contributed by atoms with Crippen LogP contribution in [0.1, 0.15) is 77.5 Å². The van der Waals surface area contributed by atoms with Crippen molar-refractivity contribution < 1.29 is 9.90 Å². The van der Waals surface area contributed by atoms with Gasteiger partial charge in [-0.3, -0.25) is 11.3 Å². The van der Waals surface area contributed by atoms with Gasteiger partial charge in [0.15, 0.2) is 0 Å². The highest BCUT2D eigenvalue weighted by Gasteiger charge is 2.37. The van der Waals surface area contributed by atoms with Crippen molar-refractivity contribution in [1.82, 2.24) is 5.43 Å². The van der Waals surface area contributed by atoms with E-state index in [1.807, 2.05) is 0 Å². The van der Waals surface area contributed by atoms with Gasteiger partial charge >= 0.3 is 5.97 Å². The first-order valence-electron chi connectivity index (χ1n) is 8.74. The van der Waals surface area contributed by atoms with Crippen LogP contribution in [0, 0.1) is 11.3 Å². The number of carbonyl (C=O) groups is 1. The van der Waals surface area contributed by atoms with Crippen molar-refractivity contribution in [2.24, 2.45) is 17.2 Å². The molecule has 0 aliphatic heterocycles. The number of carboxylic acids is 1. The summed E-state index contributed by atoms with van der Waals surface area (Å²) in [5, 5.41) is 9.89. The molecule has 0 amide bonds. The fourth-order valence-electron chi connectivity index (χ4n) is 4.39. The van der Waals surface area contributed by atoms with E-state index in [9.17, 15) is 9.90 Å². The Morgan fingerprint density at radius 3 is 2.83 bits per heavy atom. The third kappa shape index (κ3) is 3.32. The van der Waals surface area contributed by atoms with E-state index in [-0.39, 0.29) is 5.41 Å². The predicted octanol–water partition coefficient (Wildman–Crippen LogP) is 3.70. The van der Waals surface area contributed by atoms with Crippen molar-refractivity contribution in [3.8, 4) is 0 Å². The molecule has 1 fully saturated rings. The molecule has 4 N–H and O–H groups in total. The molecule has 0 bridgehead atoms. The maximum atomic E-state index is 12.0. The number of carboxylic acid groups (broad SMARTS) is 1. The lowest BCUT2D eigenvalue weighted by Crippen LogP contribution is -2.33. The van der Waals surface area contributed by atoms with Gasteiger partial charge in [-0.25, -0.2) is 4.79 Å². The van der Waals surface area contributed by atoms with Crippen LogP contribution in [-0.4, -0.2) is 17.6 Å². The third-order valence-electron chi connectivity index (χ3n) is 5.64. The minimum Gasteiger partial charge on any atom is -0.478 e. The Morgan fingerprint density at radius 2 is 2.13 bits per heavy atom. The van der Waals surface area contributed by atoms with Crippen LogP contribution in [0.4, 0.5) is 0 Å². The molecule has 2 aliphatic carbocycles. The number of hydrazine groups is 1. The number of hydrogen-bond donors (Lipinski definition) is 3. The highest BCUT2D eigenvalue weighted by molar-refractivity contribution is 7.12. The van der Waals surface area contributed by atoms with E-state index in [1.54, 1.807) is 11.3 Å². The zero-order chi connectivity index (χ0) is 16.6. The summed E-state index contributed by atoms with van der Waals surface area (Å²) in [4.78, 5) is 14.5. The van der Waals surface area contributed by atoms with Crippen LogP contribution in [0.3, 0.4) is 0 Å². The van der Waals surface area contributed by atoms with E-state index < -0.39 is 5.97 Å². The first kappa shape index (κ1) is 16.9. The predicted molar refractivity (Wildman–Crippen MR) is 94.0 cm³/mol. The topological polar surface area (TPSA) is 75.3 Å². The molecule has 1 saturated carbocycles. The molecule has 1 aromatic heterocycles. The van der Waals surface area contributed by atoms with Gasteiger partial charge in [-0.15, -0.1) is 11.3 Å². The molecular formula is C18H28N2O2S. The largest absolute Gasteiger partial charge is 0.478 e. The van der Waals surface area contributed by atoms with Crippen molar-refractivity contribution in [2.45, 2.75) is 64.7 Å². The number of aryl methyl sites for hydroxylation is 1. The van der Waals surface area contributed by atoms with Crippen LogP contribution in [0.2, 0.25) is 0 Å². The summed E-state index contributed by atoms with van der Waals surface area (Å²) in [5.41, 5.74) is 4.78. The zero-order valence-electron chi connectivity index (χ0n) is 14.2. The summed E-state index contributed by atoms with van der Waals surface area (Å²) < 4.78 is 0. The average Bonchev–Trinajstić information content (AvgIpc) is 2.85. The van der Waals surface area contributed by atoms with E-state index in [2.05, 4.69) is 19.3 Å². The number of nitrogens with one attached hydrogen (secondary N) is 1. The van der Waals surface area contributed by atoms with E-state index in [0.29, 0.717) is 17.4 Å². The smallest absolute Gasteiger partial charge is 0.337 e. The summed E-state index contributed by atoms with van der Waals surface area (Å²) in [6.07, 6.45) is 7.73. The quantitative estimate of drug-likeness (QED) is 0.579. The normalized spacial score (nSPS) is 26.7. The van der Waals surface area contributed by atoms with Crippen LogP contribution in [0.15, 0.2) is 0 Å². The summed E-state index contributed by atoms with van der Waals surface area (Å²) >= 11 is 1.78. The molecule has 23 heavy (non-hydrogen) atoms. The average molecular weight is 337 g/mol. The SMILES string of the molecule is CC1(C)CCc2sc([C@H]3CCCC[C@H]3CNN)c(C(=O)O)c2C1. The molecule has 128 valence electrons. The molecule has 5 heteroatoms. The van der Waals surface area contributed by atoms with Crippen LogP contribution < -0.4 is 11.3 Å². The van der Waals surface area contributed by atoms with E-state index >= 15 is 0 Å². The van der Waals surface area contributed by atoms with Crippen LogP contribution >= 0.6 is 11.3 Å². The molecule has 0 spiro atoms. The van der Waals surface area contributed by atoms with Crippen molar-refractivity contribution in [3.63, 3.8) is 0 Å². The number of thiophene rings is 1. The summed E-state index contributed by atoms with van der Waals surface area (Å²) in [6.45, 7) is 5.28. The van der Waals surface area contributed by atoms with E-state index in [0.717, 1.165) is 49.1 Å². The Balaban J connectivity index is 2.02. The van der Waals surface area contributed by atoms with Crippen molar-refractivity contribution in [1.29, 1.82) is 0 Å². The van der Waals surface area contributed by atoms with Gasteiger partial charge in [-0.05, 0) is 54.9 Å². The minimum absolute atomic E-state index is 0.209. The Kier molecular flexibility index (Phi) is 4.81. The van der Waals surface area contributed by atoms with Gasteiger partial charge < -0.3 is 5.11 Å². The number of hydrogen-bond acceptors (Lipinski definition) is 4. The fourth-order valence-corrected chi connectivity index (χ4v) is 5.93. The van der Waals surface area contributed by atoms with Gasteiger partial charge in [-0.1, -0.05) is 26.7 Å². The first-order chi connectivity index (χ1) is 10.9. The lowest BCUT2D eigenvalue weighted by Gasteiger charge is -2.31. The number of rotatable bonds is 4. The summed E-state index contributed by atoms with van der Waals surface area (Å²) in [5.74, 6) is 5.64. The van der Waals surface area contributed by atoms with Gasteiger partial charge in [0.2, 0.25) is 0 Å². The monoisotopic (exact) mass is 336 g/mol. The molecule has 1 aromatic rings. The first-order valence-corrected chi connectivity index (χ1v) is 9.56. The highest BCUT2D eigenvalue weighted by Crippen LogP contribution is 2.48. The molecule has 2 aliphatic rings. The highest BCUT2D eigenvalue weighted by atomic mass is 32.1. The second-order valence-corrected chi connectivity index (χ2v) is 9.09. The lowest BCUT2D eigenvalue weighted by molar-refractivity contribution is 0.0692. The zero-order valence-corrected chi connectivity index (χ0v) is 15.0. The van der Waals surface area contributed by atoms with Gasteiger partial charge in [-0.2, -0.15) is 0 Å². The van der Waals surface area contributed by atoms with Crippen LogP contribution in [0.25, 0.3) is 0 Å². The molecule has 0 saturated heterocycles. The summed E-state index contributed by atoms with van der Waals surface area (Å²) in [6, 6.07) is 0. The lowest BCUT2D eigenvalue weighted by atomic mass is 9.74. The third-order valence-corrected chi connectivity index (χ3v) is 7.07. The van der Waals surface area contributed by atoms with Gasteiger partial charge in [0.05, 0.1) is 5.56 Å².